The Balaban J connectivity index is 2.00. The van der Waals surface area contributed by atoms with Crippen LogP contribution in [-0.4, -0.2) is 31.6 Å². The molecule has 120 valence electrons. The SMILES string of the molecule is CNC(=O)COc1cc(C(=O)OC2CCCCC2)ccc1N. The van der Waals surface area contributed by atoms with Crippen molar-refractivity contribution in [3.63, 3.8) is 0 Å². The molecule has 1 saturated carbocycles. The maximum Gasteiger partial charge on any atom is 0.338 e. The van der Waals surface area contributed by atoms with Crippen LogP contribution < -0.4 is 15.8 Å². The van der Waals surface area contributed by atoms with Crippen LogP contribution >= 0.6 is 0 Å². The minimum absolute atomic E-state index is 0.00552. The van der Waals surface area contributed by atoms with Gasteiger partial charge in [-0.15, -0.1) is 0 Å². The van der Waals surface area contributed by atoms with E-state index in [4.69, 9.17) is 15.2 Å². The molecule has 2 rings (SSSR count). The lowest BCUT2D eigenvalue weighted by atomic mass is 9.98. The Morgan fingerprint density at radius 2 is 2.00 bits per heavy atom. The number of nitrogen functional groups attached to an aromatic ring is 1. The number of nitrogens with two attached hydrogens (primary N) is 1. The van der Waals surface area contributed by atoms with E-state index in [0.717, 1.165) is 25.7 Å². The van der Waals surface area contributed by atoms with E-state index in [9.17, 15) is 9.59 Å². The van der Waals surface area contributed by atoms with E-state index < -0.39 is 0 Å². The van der Waals surface area contributed by atoms with Gasteiger partial charge in [-0.25, -0.2) is 4.79 Å². The summed E-state index contributed by atoms with van der Waals surface area (Å²) in [6.07, 6.45) is 5.23. The lowest BCUT2D eigenvalue weighted by Crippen LogP contribution is -2.25. The zero-order valence-corrected chi connectivity index (χ0v) is 12.8. The van der Waals surface area contributed by atoms with Gasteiger partial charge in [-0.2, -0.15) is 0 Å². The summed E-state index contributed by atoms with van der Waals surface area (Å²) >= 11 is 0. The van der Waals surface area contributed by atoms with Gasteiger partial charge >= 0.3 is 5.97 Å². The Bertz CT molecular complexity index is 539. The maximum atomic E-state index is 12.2. The fourth-order valence-electron chi connectivity index (χ4n) is 2.40. The number of hydrogen-bond donors (Lipinski definition) is 2. The highest BCUT2D eigenvalue weighted by atomic mass is 16.5. The molecular weight excluding hydrogens is 284 g/mol. The second-order valence-corrected chi connectivity index (χ2v) is 5.38. The summed E-state index contributed by atoms with van der Waals surface area (Å²) in [5, 5.41) is 2.45. The first kappa shape index (κ1) is 16.1. The number of ether oxygens (including phenoxy) is 2. The molecule has 1 fully saturated rings. The molecule has 1 aromatic rings. The zero-order chi connectivity index (χ0) is 15.9. The summed E-state index contributed by atoms with van der Waals surface area (Å²) in [6.45, 7) is -0.151. The third kappa shape index (κ3) is 4.38. The van der Waals surface area contributed by atoms with E-state index in [2.05, 4.69) is 5.32 Å². The van der Waals surface area contributed by atoms with Crippen LogP contribution in [0.25, 0.3) is 0 Å². The topological polar surface area (TPSA) is 90.6 Å². The van der Waals surface area contributed by atoms with Crippen molar-refractivity contribution in [2.45, 2.75) is 38.2 Å². The minimum atomic E-state index is -0.378. The van der Waals surface area contributed by atoms with Crippen LogP contribution in [0.4, 0.5) is 5.69 Å². The van der Waals surface area contributed by atoms with E-state index in [0.29, 0.717) is 17.0 Å². The van der Waals surface area contributed by atoms with Crippen LogP contribution in [0.15, 0.2) is 18.2 Å². The molecular formula is C16H22N2O4. The summed E-state index contributed by atoms with van der Waals surface area (Å²) in [7, 11) is 1.52. The van der Waals surface area contributed by atoms with Crippen LogP contribution in [0.2, 0.25) is 0 Å². The largest absolute Gasteiger partial charge is 0.482 e. The molecule has 0 aliphatic heterocycles. The molecule has 0 aromatic heterocycles. The summed E-state index contributed by atoms with van der Waals surface area (Å²) in [6, 6.07) is 4.70. The fraction of sp³-hybridized carbons (Fsp3) is 0.500. The molecule has 0 spiro atoms. The van der Waals surface area contributed by atoms with E-state index in [-0.39, 0.29) is 24.6 Å². The Hall–Kier alpha value is -2.24. The number of anilines is 1. The summed E-state index contributed by atoms with van der Waals surface area (Å²) < 4.78 is 10.8. The van der Waals surface area contributed by atoms with Crippen LogP contribution in [-0.2, 0) is 9.53 Å². The Kier molecular flexibility index (Phi) is 5.63. The van der Waals surface area contributed by atoms with Gasteiger partial charge in [0.05, 0.1) is 11.3 Å². The molecule has 3 N–H and O–H groups in total. The van der Waals surface area contributed by atoms with Gasteiger partial charge in [-0.1, -0.05) is 6.42 Å². The molecule has 0 radical (unpaired) electrons. The van der Waals surface area contributed by atoms with Crippen molar-refractivity contribution in [3.05, 3.63) is 23.8 Å². The molecule has 1 aromatic carbocycles. The molecule has 0 heterocycles. The van der Waals surface area contributed by atoms with Gasteiger partial charge in [0.15, 0.2) is 6.61 Å². The van der Waals surface area contributed by atoms with Crippen molar-refractivity contribution in [2.24, 2.45) is 0 Å². The van der Waals surface area contributed by atoms with Crippen LogP contribution in [0.5, 0.6) is 5.75 Å². The second kappa shape index (κ2) is 7.68. The highest BCUT2D eigenvalue weighted by Crippen LogP contribution is 2.25. The van der Waals surface area contributed by atoms with Crippen molar-refractivity contribution in [3.8, 4) is 5.75 Å². The second-order valence-electron chi connectivity index (χ2n) is 5.38. The number of rotatable bonds is 5. The average molecular weight is 306 g/mol. The first-order valence-electron chi connectivity index (χ1n) is 7.54. The number of likely N-dealkylation sites (N-methyl/N-ethyl adjacent to an activating group) is 1. The Labute approximate surface area is 130 Å². The first-order valence-corrected chi connectivity index (χ1v) is 7.54. The van der Waals surface area contributed by atoms with Crippen molar-refractivity contribution in [1.29, 1.82) is 0 Å². The number of carbonyl (C=O) groups is 2. The summed E-state index contributed by atoms with van der Waals surface area (Å²) in [5.41, 5.74) is 6.55. The predicted octanol–water partition coefficient (Wildman–Crippen LogP) is 1.88. The smallest absolute Gasteiger partial charge is 0.338 e. The lowest BCUT2D eigenvalue weighted by Gasteiger charge is -2.22. The third-order valence-electron chi connectivity index (χ3n) is 3.71. The standard InChI is InChI=1S/C16H22N2O4/c1-18-15(19)10-21-14-9-11(7-8-13(14)17)16(20)22-12-5-3-2-4-6-12/h7-9,12H,2-6,10,17H2,1H3,(H,18,19). The molecule has 1 aliphatic rings. The molecule has 0 atom stereocenters. The number of nitrogens with one attached hydrogen (secondary N) is 1. The van der Waals surface area contributed by atoms with Crippen molar-refractivity contribution < 1.29 is 19.1 Å². The molecule has 6 heteroatoms. The van der Waals surface area contributed by atoms with Gasteiger partial charge < -0.3 is 20.5 Å². The predicted molar refractivity (Wildman–Crippen MR) is 82.7 cm³/mol. The van der Waals surface area contributed by atoms with Gasteiger partial charge in [-0.05, 0) is 43.9 Å². The van der Waals surface area contributed by atoms with Crippen LogP contribution in [0.1, 0.15) is 42.5 Å². The number of benzene rings is 1. The first-order chi connectivity index (χ1) is 10.6. The molecule has 22 heavy (non-hydrogen) atoms. The number of carbonyl (C=O) groups excluding carboxylic acids is 2. The van der Waals surface area contributed by atoms with Gasteiger partial charge in [0.25, 0.3) is 5.91 Å². The highest BCUT2D eigenvalue weighted by molar-refractivity contribution is 5.91. The van der Waals surface area contributed by atoms with Crippen molar-refractivity contribution >= 4 is 17.6 Å². The molecule has 1 aliphatic carbocycles. The minimum Gasteiger partial charge on any atom is -0.482 e. The van der Waals surface area contributed by atoms with Crippen molar-refractivity contribution in [2.75, 3.05) is 19.4 Å². The molecule has 0 unspecified atom stereocenters. The monoisotopic (exact) mass is 306 g/mol. The van der Waals surface area contributed by atoms with E-state index in [1.165, 1.54) is 19.5 Å². The van der Waals surface area contributed by atoms with Gasteiger partial charge in [-0.3, -0.25) is 4.79 Å². The van der Waals surface area contributed by atoms with E-state index in [1.54, 1.807) is 12.1 Å². The van der Waals surface area contributed by atoms with Gasteiger partial charge in [0, 0.05) is 7.05 Å². The quantitative estimate of drug-likeness (QED) is 0.640. The molecule has 6 nitrogen and oxygen atoms in total. The number of amides is 1. The molecule has 0 bridgehead atoms. The highest BCUT2D eigenvalue weighted by Gasteiger charge is 2.19. The maximum absolute atomic E-state index is 12.2. The van der Waals surface area contributed by atoms with Gasteiger partial charge in [0.1, 0.15) is 11.9 Å². The van der Waals surface area contributed by atoms with E-state index in [1.807, 2.05) is 0 Å². The van der Waals surface area contributed by atoms with Crippen LogP contribution in [0, 0.1) is 0 Å². The normalized spacial score (nSPS) is 15.1. The Morgan fingerprint density at radius 1 is 1.27 bits per heavy atom. The average Bonchev–Trinajstić information content (AvgIpc) is 2.54. The van der Waals surface area contributed by atoms with E-state index >= 15 is 0 Å². The van der Waals surface area contributed by atoms with Crippen molar-refractivity contribution in [1.82, 2.24) is 5.32 Å². The lowest BCUT2D eigenvalue weighted by molar-refractivity contribution is -0.122. The van der Waals surface area contributed by atoms with Gasteiger partial charge in [0.2, 0.25) is 0 Å². The number of esters is 1. The molecule has 1 amide bonds. The third-order valence-corrected chi connectivity index (χ3v) is 3.71. The fourth-order valence-corrected chi connectivity index (χ4v) is 2.40. The molecule has 0 saturated heterocycles. The number of hydrogen-bond acceptors (Lipinski definition) is 5. The zero-order valence-electron chi connectivity index (χ0n) is 12.8. The Morgan fingerprint density at radius 3 is 2.68 bits per heavy atom. The summed E-state index contributed by atoms with van der Waals surface area (Å²) in [4.78, 5) is 23.4. The summed E-state index contributed by atoms with van der Waals surface area (Å²) in [5.74, 6) is -0.340. The van der Waals surface area contributed by atoms with Crippen LogP contribution in [0.3, 0.4) is 0 Å².